The molecule has 0 radical (unpaired) electrons. The highest BCUT2D eigenvalue weighted by atomic mass is 16.5. The smallest absolute Gasteiger partial charge is 0.0900 e. The molecule has 120 valence electrons. The minimum absolute atomic E-state index is 0.0425. The minimum Gasteiger partial charge on any atom is -0.394 e. The summed E-state index contributed by atoms with van der Waals surface area (Å²) in [6.07, 6.45) is 2.00. The quantitative estimate of drug-likeness (QED) is 0.881. The first kappa shape index (κ1) is 14.7. The lowest BCUT2D eigenvalue weighted by Crippen LogP contribution is -2.40. The number of aryl methyl sites for hydroxylation is 1. The molecule has 3 nitrogen and oxygen atoms in total. The normalized spacial score (nSPS) is 29.3. The van der Waals surface area contributed by atoms with Crippen molar-refractivity contribution < 1.29 is 9.84 Å². The standard InChI is InChI=1S/C20H23NO2/c1-13-7-10-18-17(11-13)20-16(9-8-15(12-22)23-20)19(21-18)14-5-3-2-4-6-14/h2-7,10-11,15-16,19-22H,8-9,12H2,1H3/t15-,16+,19-,20+/m1/s1. The molecule has 0 aliphatic carbocycles. The molecule has 4 rings (SSSR count). The number of aliphatic hydroxyl groups excluding tert-OH is 1. The van der Waals surface area contributed by atoms with Gasteiger partial charge in [0, 0.05) is 17.2 Å². The molecule has 0 bridgehead atoms. The Bertz CT molecular complexity index is 685. The van der Waals surface area contributed by atoms with Gasteiger partial charge in [-0.2, -0.15) is 0 Å². The summed E-state index contributed by atoms with van der Waals surface area (Å²) in [7, 11) is 0. The number of ether oxygens (including phenoxy) is 1. The van der Waals surface area contributed by atoms with Gasteiger partial charge in [-0.1, -0.05) is 48.0 Å². The number of aliphatic hydroxyl groups is 1. The SMILES string of the molecule is Cc1ccc2c(c1)[C@H]1O[C@@H](CO)CC[C@H]1[C@@H](c1ccccc1)N2. The summed E-state index contributed by atoms with van der Waals surface area (Å²) in [6.45, 7) is 2.22. The van der Waals surface area contributed by atoms with Crippen molar-refractivity contribution in [1.29, 1.82) is 0 Å². The van der Waals surface area contributed by atoms with Gasteiger partial charge in [-0.25, -0.2) is 0 Å². The summed E-state index contributed by atoms with van der Waals surface area (Å²) in [5.41, 5.74) is 4.95. The maximum atomic E-state index is 9.53. The Morgan fingerprint density at radius 1 is 1.13 bits per heavy atom. The Hall–Kier alpha value is -1.84. The molecule has 3 heteroatoms. The fraction of sp³-hybridized carbons (Fsp3) is 0.400. The molecular formula is C20H23NO2. The Labute approximate surface area is 137 Å². The lowest BCUT2D eigenvalue weighted by Gasteiger charge is -2.45. The van der Waals surface area contributed by atoms with Crippen LogP contribution in [-0.4, -0.2) is 17.8 Å². The molecular weight excluding hydrogens is 286 g/mol. The van der Waals surface area contributed by atoms with E-state index in [0.717, 1.165) is 18.5 Å². The van der Waals surface area contributed by atoms with Gasteiger partial charge in [0.05, 0.1) is 24.9 Å². The summed E-state index contributed by atoms with van der Waals surface area (Å²) in [5, 5.41) is 13.3. The van der Waals surface area contributed by atoms with Crippen molar-refractivity contribution in [2.75, 3.05) is 11.9 Å². The third kappa shape index (κ3) is 2.64. The maximum Gasteiger partial charge on any atom is 0.0900 e. The van der Waals surface area contributed by atoms with Crippen molar-refractivity contribution in [3.8, 4) is 0 Å². The van der Waals surface area contributed by atoms with Crippen LogP contribution in [0.25, 0.3) is 0 Å². The van der Waals surface area contributed by atoms with Gasteiger partial charge >= 0.3 is 0 Å². The summed E-state index contributed by atoms with van der Waals surface area (Å²) in [6, 6.07) is 17.4. The van der Waals surface area contributed by atoms with Gasteiger partial charge in [0.25, 0.3) is 0 Å². The van der Waals surface area contributed by atoms with E-state index in [4.69, 9.17) is 4.74 Å². The largest absolute Gasteiger partial charge is 0.394 e. The molecule has 0 aromatic heterocycles. The molecule has 2 aliphatic heterocycles. The molecule has 2 heterocycles. The van der Waals surface area contributed by atoms with Crippen LogP contribution < -0.4 is 5.32 Å². The predicted octanol–water partition coefficient (Wildman–Crippen LogP) is 3.99. The Morgan fingerprint density at radius 2 is 1.96 bits per heavy atom. The third-order valence-corrected chi connectivity index (χ3v) is 5.16. The van der Waals surface area contributed by atoms with E-state index < -0.39 is 0 Å². The summed E-state index contributed by atoms with van der Waals surface area (Å²) < 4.78 is 6.28. The fourth-order valence-corrected chi connectivity index (χ4v) is 4.00. The monoisotopic (exact) mass is 309 g/mol. The van der Waals surface area contributed by atoms with E-state index in [9.17, 15) is 5.11 Å². The van der Waals surface area contributed by atoms with Crippen molar-refractivity contribution in [2.45, 2.75) is 38.0 Å². The average molecular weight is 309 g/mol. The molecule has 1 fully saturated rings. The molecule has 2 aliphatic rings. The van der Waals surface area contributed by atoms with Crippen molar-refractivity contribution >= 4 is 5.69 Å². The van der Waals surface area contributed by atoms with Crippen molar-refractivity contribution in [3.05, 3.63) is 65.2 Å². The zero-order valence-electron chi connectivity index (χ0n) is 13.4. The van der Waals surface area contributed by atoms with E-state index >= 15 is 0 Å². The van der Waals surface area contributed by atoms with E-state index in [1.807, 2.05) is 0 Å². The van der Waals surface area contributed by atoms with Crippen LogP contribution in [0.2, 0.25) is 0 Å². The topological polar surface area (TPSA) is 41.5 Å². The summed E-state index contributed by atoms with van der Waals surface area (Å²) in [4.78, 5) is 0. The zero-order valence-corrected chi connectivity index (χ0v) is 13.4. The first-order valence-electron chi connectivity index (χ1n) is 8.44. The highest BCUT2D eigenvalue weighted by Gasteiger charge is 2.42. The van der Waals surface area contributed by atoms with E-state index in [1.54, 1.807) is 0 Å². The van der Waals surface area contributed by atoms with Crippen molar-refractivity contribution in [3.63, 3.8) is 0 Å². The number of hydrogen-bond donors (Lipinski definition) is 2. The molecule has 4 atom stereocenters. The molecule has 0 unspecified atom stereocenters. The van der Waals surface area contributed by atoms with Crippen LogP contribution >= 0.6 is 0 Å². The van der Waals surface area contributed by atoms with Gasteiger partial charge in [-0.15, -0.1) is 0 Å². The first-order chi connectivity index (χ1) is 11.3. The van der Waals surface area contributed by atoms with Crippen molar-refractivity contribution in [1.82, 2.24) is 0 Å². The van der Waals surface area contributed by atoms with Crippen LogP contribution in [-0.2, 0) is 4.74 Å². The van der Waals surface area contributed by atoms with Gasteiger partial charge in [0.15, 0.2) is 0 Å². The lowest BCUT2D eigenvalue weighted by molar-refractivity contribution is -0.110. The predicted molar refractivity (Wildman–Crippen MR) is 91.4 cm³/mol. The maximum absolute atomic E-state index is 9.53. The number of rotatable bonds is 2. The number of fused-ring (bicyclic) bond motifs is 3. The second kappa shape index (κ2) is 5.99. The number of benzene rings is 2. The molecule has 23 heavy (non-hydrogen) atoms. The highest BCUT2D eigenvalue weighted by molar-refractivity contribution is 5.58. The number of hydrogen-bond acceptors (Lipinski definition) is 3. The Balaban J connectivity index is 1.76. The Kier molecular flexibility index (Phi) is 3.83. The van der Waals surface area contributed by atoms with Crippen LogP contribution in [0.5, 0.6) is 0 Å². The van der Waals surface area contributed by atoms with Crippen molar-refractivity contribution in [2.24, 2.45) is 5.92 Å². The van der Waals surface area contributed by atoms with Gasteiger partial charge in [0.2, 0.25) is 0 Å². The van der Waals surface area contributed by atoms with Crippen LogP contribution in [0.4, 0.5) is 5.69 Å². The van der Waals surface area contributed by atoms with Gasteiger partial charge in [-0.05, 0) is 31.4 Å². The van der Waals surface area contributed by atoms with Gasteiger partial charge in [0.1, 0.15) is 0 Å². The number of anilines is 1. The summed E-state index contributed by atoms with van der Waals surface area (Å²) in [5.74, 6) is 0.398. The van der Waals surface area contributed by atoms with Crippen LogP contribution in [0, 0.1) is 12.8 Å². The van der Waals surface area contributed by atoms with Crippen LogP contribution in [0.15, 0.2) is 48.5 Å². The average Bonchev–Trinajstić information content (AvgIpc) is 2.61. The lowest BCUT2D eigenvalue weighted by atomic mass is 9.76. The molecule has 1 saturated heterocycles. The van der Waals surface area contributed by atoms with Gasteiger partial charge < -0.3 is 15.2 Å². The molecule has 2 aromatic rings. The zero-order chi connectivity index (χ0) is 15.8. The van der Waals surface area contributed by atoms with E-state index in [2.05, 4.69) is 60.8 Å². The van der Waals surface area contributed by atoms with E-state index in [0.29, 0.717) is 5.92 Å². The minimum atomic E-state index is -0.0425. The van der Waals surface area contributed by atoms with Gasteiger partial charge in [-0.3, -0.25) is 0 Å². The molecule has 0 saturated carbocycles. The third-order valence-electron chi connectivity index (χ3n) is 5.16. The second-order valence-corrected chi connectivity index (χ2v) is 6.73. The first-order valence-corrected chi connectivity index (χ1v) is 8.44. The molecule has 2 aromatic carbocycles. The number of nitrogens with one attached hydrogen (secondary N) is 1. The second-order valence-electron chi connectivity index (χ2n) is 6.73. The fourth-order valence-electron chi connectivity index (χ4n) is 4.00. The Morgan fingerprint density at radius 3 is 2.74 bits per heavy atom. The van der Waals surface area contributed by atoms with E-state index in [-0.39, 0.29) is 24.9 Å². The molecule has 2 N–H and O–H groups in total. The molecule has 0 spiro atoms. The van der Waals surface area contributed by atoms with Crippen LogP contribution in [0.3, 0.4) is 0 Å². The molecule has 0 amide bonds. The highest BCUT2D eigenvalue weighted by Crippen LogP contribution is 2.50. The van der Waals surface area contributed by atoms with E-state index in [1.165, 1.54) is 16.7 Å². The van der Waals surface area contributed by atoms with Crippen LogP contribution in [0.1, 0.15) is 41.7 Å². The summed E-state index contributed by atoms with van der Waals surface area (Å²) >= 11 is 0.